The van der Waals surface area contributed by atoms with E-state index in [2.05, 4.69) is 5.32 Å². The number of para-hydroxylation sites is 1. The van der Waals surface area contributed by atoms with Crippen molar-refractivity contribution >= 4 is 5.69 Å². The average Bonchev–Trinajstić information content (AvgIpc) is 2.58. The van der Waals surface area contributed by atoms with Crippen molar-refractivity contribution in [1.82, 2.24) is 5.32 Å². The zero-order valence-corrected chi connectivity index (χ0v) is 13.0. The third-order valence-corrected chi connectivity index (χ3v) is 3.28. The first-order valence-corrected chi connectivity index (χ1v) is 7.40. The largest absolute Gasteiger partial charge is 0.494 e. The van der Waals surface area contributed by atoms with Crippen molar-refractivity contribution in [2.24, 2.45) is 0 Å². The third-order valence-electron chi connectivity index (χ3n) is 3.28. The lowest BCUT2D eigenvalue weighted by Gasteiger charge is -2.08. The minimum atomic E-state index is -0.434. The molecule has 0 spiro atoms. The summed E-state index contributed by atoms with van der Waals surface area (Å²) in [5.41, 5.74) is 0.834. The van der Waals surface area contributed by atoms with Crippen LogP contribution < -0.4 is 14.8 Å². The van der Waals surface area contributed by atoms with Gasteiger partial charge in [0.25, 0.3) is 0 Å². The number of nitrogens with one attached hydrogen (secondary N) is 1. The van der Waals surface area contributed by atoms with Crippen molar-refractivity contribution in [3.8, 4) is 11.5 Å². The molecule has 2 rings (SSSR count). The molecular formula is C17H20N2O4. The number of hydrogen-bond acceptors (Lipinski definition) is 5. The lowest BCUT2D eigenvalue weighted by molar-refractivity contribution is -0.385. The number of nitro groups is 1. The predicted octanol–water partition coefficient (Wildman–Crippen LogP) is 3.16. The first-order valence-electron chi connectivity index (χ1n) is 7.40. The van der Waals surface area contributed by atoms with E-state index in [1.54, 1.807) is 6.07 Å². The van der Waals surface area contributed by atoms with E-state index >= 15 is 0 Å². The Morgan fingerprint density at radius 3 is 2.65 bits per heavy atom. The van der Waals surface area contributed by atoms with Crippen LogP contribution in [0.1, 0.15) is 12.0 Å². The van der Waals surface area contributed by atoms with E-state index in [1.165, 1.54) is 13.2 Å². The summed E-state index contributed by atoms with van der Waals surface area (Å²) in [5, 5.41) is 14.2. The van der Waals surface area contributed by atoms with E-state index < -0.39 is 4.92 Å². The van der Waals surface area contributed by atoms with E-state index in [4.69, 9.17) is 9.47 Å². The molecule has 0 heterocycles. The molecule has 0 unspecified atom stereocenters. The van der Waals surface area contributed by atoms with Gasteiger partial charge >= 0.3 is 5.69 Å². The second-order valence-electron chi connectivity index (χ2n) is 4.96. The van der Waals surface area contributed by atoms with E-state index in [1.807, 2.05) is 36.4 Å². The Balaban J connectivity index is 1.72. The molecule has 23 heavy (non-hydrogen) atoms. The van der Waals surface area contributed by atoms with Crippen LogP contribution in [0.15, 0.2) is 48.5 Å². The maximum Gasteiger partial charge on any atom is 0.311 e. The molecule has 0 amide bonds. The summed E-state index contributed by atoms with van der Waals surface area (Å²) >= 11 is 0. The van der Waals surface area contributed by atoms with Gasteiger partial charge in [-0.25, -0.2) is 0 Å². The highest BCUT2D eigenvalue weighted by atomic mass is 16.6. The molecule has 6 nitrogen and oxygen atoms in total. The number of methoxy groups -OCH3 is 1. The van der Waals surface area contributed by atoms with Gasteiger partial charge in [0.2, 0.25) is 0 Å². The molecule has 0 fully saturated rings. The van der Waals surface area contributed by atoms with Crippen LogP contribution in [0.4, 0.5) is 5.69 Å². The Morgan fingerprint density at radius 2 is 1.96 bits per heavy atom. The molecule has 122 valence electrons. The van der Waals surface area contributed by atoms with Gasteiger partial charge in [0, 0.05) is 12.6 Å². The lowest BCUT2D eigenvalue weighted by Crippen LogP contribution is -2.17. The van der Waals surface area contributed by atoms with Gasteiger partial charge in [-0.2, -0.15) is 0 Å². The topological polar surface area (TPSA) is 73.6 Å². The Bertz CT molecular complexity index is 632. The maximum absolute atomic E-state index is 11.0. The summed E-state index contributed by atoms with van der Waals surface area (Å²) in [7, 11) is 1.42. The summed E-state index contributed by atoms with van der Waals surface area (Å²) < 4.78 is 10.6. The molecule has 0 saturated heterocycles. The predicted molar refractivity (Wildman–Crippen MR) is 87.9 cm³/mol. The Morgan fingerprint density at radius 1 is 1.17 bits per heavy atom. The van der Waals surface area contributed by atoms with Crippen molar-refractivity contribution < 1.29 is 14.4 Å². The Labute approximate surface area is 135 Å². The molecule has 0 aliphatic carbocycles. The summed E-state index contributed by atoms with van der Waals surface area (Å²) in [4.78, 5) is 10.5. The fraction of sp³-hybridized carbons (Fsp3) is 0.294. The fourth-order valence-electron chi connectivity index (χ4n) is 2.12. The zero-order valence-electron chi connectivity index (χ0n) is 13.0. The highest BCUT2D eigenvalue weighted by molar-refractivity contribution is 5.48. The fourth-order valence-corrected chi connectivity index (χ4v) is 2.12. The minimum absolute atomic E-state index is 0.0146. The summed E-state index contributed by atoms with van der Waals surface area (Å²) in [6.45, 7) is 1.96. The first kappa shape index (κ1) is 16.8. The number of rotatable bonds is 9. The van der Waals surface area contributed by atoms with Gasteiger partial charge < -0.3 is 14.8 Å². The van der Waals surface area contributed by atoms with Crippen molar-refractivity contribution in [3.05, 3.63) is 64.2 Å². The van der Waals surface area contributed by atoms with Crippen molar-refractivity contribution in [2.45, 2.75) is 13.0 Å². The van der Waals surface area contributed by atoms with Crippen LogP contribution in [0.3, 0.4) is 0 Å². The molecule has 0 atom stereocenters. The summed E-state index contributed by atoms with van der Waals surface area (Å²) in [5.74, 6) is 1.13. The Kier molecular flexibility index (Phi) is 6.38. The number of benzene rings is 2. The van der Waals surface area contributed by atoms with Crippen molar-refractivity contribution in [3.63, 3.8) is 0 Å². The minimum Gasteiger partial charge on any atom is -0.494 e. The van der Waals surface area contributed by atoms with Gasteiger partial charge in [-0.15, -0.1) is 0 Å². The van der Waals surface area contributed by atoms with Gasteiger partial charge in [0.1, 0.15) is 5.75 Å². The van der Waals surface area contributed by atoms with Gasteiger partial charge in [-0.1, -0.05) is 24.3 Å². The molecular weight excluding hydrogens is 296 g/mol. The second kappa shape index (κ2) is 8.75. The molecule has 0 bridgehead atoms. The van der Waals surface area contributed by atoms with Gasteiger partial charge in [-0.05, 0) is 36.7 Å². The number of nitro benzene ring substituents is 1. The van der Waals surface area contributed by atoms with Crippen LogP contribution in [0.25, 0.3) is 0 Å². The smallest absolute Gasteiger partial charge is 0.311 e. The molecule has 0 saturated carbocycles. The highest BCUT2D eigenvalue weighted by Gasteiger charge is 2.14. The molecule has 0 aliphatic heterocycles. The zero-order chi connectivity index (χ0) is 16.5. The standard InChI is InChI=1S/C17H20N2O4/c1-22-17-9-8-14(12-16(17)19(20)21)13-18-10-5-11-23-15-6-3-2-4-7-15/h2-4,6-9,12,18H,5,10-11,13H2,1H3. The maximum atomic E-state index is 11.0. The van der Waals surface area contributed by atoms with E-state index in [9.17, 15) is 10.1 Å². The van der Waals surface area contributed by atoms with Crippen LogP contribution in [0, 0.1) is 10.1 Å². The van der Waals surface area contributed by atoms with E-state index in [0.29, 0.717) is 13.2 Å². The van der Waals surface area contributed by atoms with Gasteiger partial charge in [-0.3, -0.25) is 10.1 Å². The molecule has 1 N–H and O–H groups in total. The van der Waals surface area contributed by atoms with Crippen LogP contribution in [0.5, 0.6) is 11.5 Å². The van der Waals surface area contributed by atoms with Crippen LogP contribution in [-0.2, 0) is 6.54 Å². The lowest BCUT2D eigenvalue weighted by atomic mass is 10.2. The molecule has 6 heteroatoms. The number of ether oxygens (including phenoxy) is 2. The normalized spacial score (nSPS) is 10.3. The third kappa shape index (κ3) is 5.27. The molecule has 0 radical (unpaired) electrons. The monoisotopic (exact) mass is 316 g/mol. The molecule has 0 aromatic heterocycles. The van der Waals surface area contributed by atoms with Crippen LogP contribution in [0.2, 0.25) is 0 Å². The van der Waals surface area contributed by atoms with Crippen LogP contribution >= 0.6 is 0 Å². The van der Waals surface area contributed by atoms with E-state index in [0.717, 1.165) is 24.3 Å². The number of nitrogens with zero attached hydrogens (tertiary/aromatic N) is 1. The average molecular weight is 316 g/mol. The van der Waals surface area contributed by atoms with Crippen molar-refractivity contribution in [1.29, 1.82) is 0 Å². The van der Waals surface area contributed by atoms with Gasteiger partial charge in [0.15, 0.2) is 5.75 Å². The SMILES string of the molecule is COc1ccc(CNCCCOc2ccccc2)cc1[N+](=O)[O-]. The van der Waals surface area contributed by atoms with Crippen molar-refractivity contribution in [2.75, 3.05) is 20.3 Å². The highest BCUT2D eigenvalue weighted by Crippen LogP contribution is 2.27. The van der Waals surface area contributed by atoms with Gasteiger partial charge in [0.05, 0.1) is 18.6 Å². The molecule has 0 aliphatic rings. The molecule has 2 aromatic rings. The Hall–Kier alpha value is -2.60. The quantitative estimate of drug-likeness (QED) is 0.437. The summed E-state index contributed by atoms with van der Waals surface area (Å²) in [6, 6.07) is 14.6. The van der Waals surface area contributed by atoms with E-state index in [-0.39, 0.29) is 11.4 Å². The first-order chi connectivity index (χ1) is 11.2. The summed E-state index contributed by atoms with van der Waals surface area (Å²) in [6.07, 6.45) is 0.854. The van der Waals surface area contributed by atoms with Crippen LogP contribution in [-0.4, -0.2) is 25.2 Å². The second-order valence-corrected chi connectivity index (χ2v) is 4.96. The number of hydrogen-bond donors (Lipinski definition) is 1. The molecule has 2 aromatic carbocycles.